The van der Waals surface area contributed by atoms with Crippen LogP contribution in [0.4, 0.5) is 0 Å². The number of benzene rings is 1. The van der Waals surface area contributed by atoms with Crippen LogP contribution in [0.2, 0.25) is 0 Å². The number of nitrogens with zero attached hydrogens (tertiary/aromatic N) is 1. The summed E-state index contributed by atoms with van der Waals surface area (Å²) in [6.07, 6.45) is 6.04. The van der Waals surface area contributed by atoms with E-state index in [-0.39, 0.29) is 0 Å². The number of nitrogens with one attached hydrogen (secondary N) is 2. The zero-order chi connectivity index (χ0) is 17.5. The third kappa shape index (κ3) is 5.40. The predicted octanol–water partition coefficient (Wildman–Crippen LogP) is 3.07. The molecule has 25 heavy (non-hydrogen) atoms. The molecule has 0 spiro atoms. The van der Waals surface area contributed by atoms with Gasteiger partial charge in [-0.3, -0.25) is 4.90 Å². The minimum atomic E-state index is 0.511. The van der Waals surface area contributed by atoms with E-state index in [1.54, 1.807) is 0 Å². The third-order valence-electron chi connectivity index (χ3n) is 5.38. The fourth-order valence-corrected chi connectivity index (χ4v) is 4.47. The molecule has 1 aromatic carbocycles. The first-order valence-electron chi connectivity index (χ1n) is 9.68. The Morgan fingerprint density at radius 2 is 1.92 bits per heavy atom. The van der Waals surface area contributed by atoms with Gasteiger partial charge >= 0.3 is 0 Å². The highest BCUT2D eigenvalue weighted by molar-refractivity contribution is 7.80. The van der Waals surface area contributed by atoms with E-state index >= 15 is 0 Å². The molecule has 2 bridgehead atoms. The maximum Gasteiger partial charge on any atom is 0.166 e. The molecule has 0 amide bonds. The molecule has 5 heteroatoms. The first-order chi connectivity index (χ1) is 12.3. The van der Waals surface area contributed by atoms with E-state index in [2.05, 4.69) is 45.9 Å². The van der Waals surface area contributed by atoms with Gasteiger partial charge in [-0.05, 0) is 56.8 Å². The van der Waals surface area contributed by atoms with Crippen molar-refractivity contribution in [2.75, 3.05) is 19.8 Å². The Balaban J connectivity index is 1.41. The van der Waals surface area contributed by atoms with E-state index in [4.69, 9.17) is 17.0 Å². The first-order valence-corrected chi connectivity index (χ1v) is 10.1. The van der Waals surface area contributed by atoms with Crippen molar-refractivity contribution in [2.45, 2.75) is 63.7 Å². The van der Waals surface area contributed by atoms with Crippen molar-refractivity contribution < 1.29 is 4.74 Å². The van der Waals surface area contributed by atoms with Crippen LogP contribution in [0, 0.1) is 0 Å². The van der Waals surface area contributed by atoms with E-state index in [0.717, 1.165) is 37.8 Å². The topological polar surface area (TPSA) is 36.5 Å². The molecule has 2 saturated heterocycles. The zero-order valence-corrected chi connectivity index (χ0v) is 16.1. The second kappa shape index (κ2) is 9.51. The second-order valence-electron chi connectivity index (χ2n) is 7.16. The van der Waals surface area contributed by atoms with Crippen LogP contribution < -0.4 is 10.6 Å². The van der Waals surface area contributed by atoms with Gasteiger partial charge in [0, 0.05) is 44.4 Å². The number of hydrogen-bond donors (Lipinski definition) is 2. The van der Waals surface area contributed by atoms with Crippen LogP contribution in [-0.2, 0) is 11.3 Å². The largest absolute Gasteiger partial charge is 0.382 e. The summed E-state index contributed by atoms with van der Waals surface area (Å²) in [4.78, 5) is 2.71. The minimum absolute atomic E-state index is 0.511. The van der Waals surface area contributed by atoms with Crippen molar-refractivity contribution in [3.05, 3.63) is 35.9 Å². The Morgan fingerprint density at radius 3 is 2.60 bits per heavy atom. The maximum atomic E-state index is 5.47. The molecule has 138 valence electrons. The second-order valence-corrected chi connectivity index (χ2v) is 7.57. The van der Waals surface area contributed by atoms with Crippen molar-refractivity contribution in [2.24, 2.45) is 0 Å². The number of ether oxygens (including phenoxy) is 1. The summed E-state index contributed by atoms with van der Waals surface area (Å²) in [7, 11) is 0. The molecule has 2 aliphatic rings. The highest BCUT2D eigenvalue weighted by Gasteiger charge is 2.40. The Kier molecular flexibility index (Phi) is 7.08. The van der Waals surface area contributed by atoms with Gasteiger partial charge in [0.1, 0.15) is 0 Å². The Morgan fingerprint density at radius 1 is 1.20 bits per heavy atom. The standard InChI is InChI=1S/C20H31N3OS/c1-2-24-12-6-11-21-20(25)22-17-13-18-9-10-19(14-17)23(18)15-16-7-4-3-5-8-16/h3-5,7-8,17-19H,2,6,9-15H2,1H3,(H2,21,22,25)/t18-,19-/m1/s1. The quantitative estimate of drug-likeness (QED) is 0.550. The lowest BCUT2D eigenvalue weighted by Crippen LogP contribution is -2.51. The Labute approximate surface area is 157 Å². The molecule has 0 saturated carbocycles. The summed E-state index contributed by atoms with van der Waals surface area (Å²) < 4.78 is 5.35. The monoisotopic (exact) mass is 361 g/mol. The highest BCUT2D eigenvalue weighted by atomic mass is 32.1. The van der Waals surface area contributed by atoms with Gasteiger partial charge in [-0.2, -0.15) is 0 Å². The number of hydrogen-bond acceptors (Lipinski definition) is 3. The summed E-state index contributed by atoms with van der Waals surface area (Å²) in [6.45, 7) is 5.58. The molecule has 2 N–H and O–H groups in total. The van der Waals surface area contributed by atoms with Gasteiger partial charge in [0.25, 0.3) is 0 Å². The van der Waals surface area contributed by atoms with Gasteiger partial charge in [0.2, 0.25) is 0 Å². The average molecular weight is 362 g/mol. The molecular formula is C20H31N3OS. The van der Waals surface area contributed by atoms with E-state index in [0.29, 0.717) is 18.1 Å². The summed E-state index contributed by atoms with van der Waals surface area (Å²) in [6, 6.07) is 12.8. The van der Waals surface area contributed by atoms with Crippen molar-refractivity contribution in [1.29, 1.82) is 0 Å². The summed E-state index contributed by atoms with van der Waals surface area (Å²) in [5.41, 5.74) is 1.43. The Bertz CT molecular complexity index is 525. The van der Waals surface area contributed by atoms with Gasteiger partial charge in [-0.1, -0.05) is 30.3 Å². The number of piperidine rings is 1. The van der Waals surface area contributed by atoms with Crippen molar-refractivity contribution in [1.82, 2.24) is 15.5 Å². The lowest BCUT2D eigenvalue weighted by molar-refractivity contribution is 0.114. The lowest BCUT2D eigenvalue weighted by Gasteiger charge is -2.39. The predicted molar refractivity (Wildman–Crippen MR) is 107 cm³/mol. The molecule has 0 radical (unpaired) electrons. The van der Waals surface area contributed by atoms with E-state index in [1.807, 2.05) is 6.92 Å². The first kappa shape index (κ1) is 18.6. The van der Waals surface area contributed by atoms with Crippen LogP contribution in [0.15, 0.2) is 30.3 Å². The Hall–Kier alpha value is -1.17. The maximum absolute atomic E-state index is 5.47. The average Bonchev–Trinajstić information content (AvgIpc) is 2.85. The molecule has 0 aliphatic carbocycles. The SMILES string of the molecule is CCOCCCNC(=S)NC1C[C@H]2CC[C@H](C1)N2Cc1ccccc1. The minimum Gasteiger partial charge on any atom is -0.382 e. The lowest BCUT2D eigenvalue weighted by atomic mass is 9.96. The molecule has 4 nitrogen and oxygen atoms in total. The molecular weight excluding hydrogens is 330 g/mol. The molecule has 2 aliphatic heterocycles. The summed E-state index contributed by atoms with van der Waals surface area (Å²) >= 11 is 5.47. The molecule has 0 aromatic heterocycles. The van der Waals surface area contributed by atoms with Crippen molar-refractivity contribution >= 4 is 17.3 Å². The highest BCUT2D eigenvalue weighted by Crippen LogP contribution is 2.36. The smallest absolute Gasteiger partial charge is 0.166 e. The molecule has 0 unspecified atom stereocenters. The van der Waals surface area contributed by atoms with E-state index in [9.17, 15) is 0 Å². The fourth-order valence-electron chi connectivity index (χ4n) is 4.20. The normalized spacial score (nSPS) is 25.7. The number of fused-ring (bicyclic) bond motifs is 2. The van der Waals surface area contributed by atoms with Crippen LogP contribution in [-0.4, -0.2) is 47.9 Å². The zero-order valence-electron chi connectivity index (χ0n) is 15.2. The van der Waals surface area contributed by atoms with Crippen LogP contribution in [0.25, 0.3) is 0 Å². The van der Waals surface area contributed by atoms with Gasteiger partial charge in [-0.15, -0.1) is 0 Å². The van der Waals surface area contributed by atoms with Gasteiger partial charge in [0.05, 0.1) is 0 Å². The number of rotatable bonds is 8. The van der Waals surface area contributed by atoms with Crippen LogP contribution >= 0.6 is 12.2 Å². The molecule has 3 rings (SSSR count). The summed E-state index contributed by atoms with van der Waals surface area (Å²) in [5, 5.41) is 7.67. The third-order valence-corrected chi connectivity index (χ3v) is 5.64. The molecule has 2 heterocycles. The molecule has 2 atom stereocenters. The van der Waals surface area contributed by atoms with Gasteiger partial charge in [0.15, 0.2) is 5.11 Å². The van der Waals surface area contributed by atoms with Gasteiger partial charge < -0.3 is 15.4 Å². The van der Waals surface area contributed by atoms with E-state index in [1.165, 1.54) is 31.2 Å². The van der Waals surface area contributed by atoms with Crippen LogP contribution in [0.1, 0.15) is 44.6 Å². The van der Waals surface area contributed by atoms with Gasteiger partial charge in [-0.25, -0.2) is 0 Å². The number of thiocarbonyl (C=S) groups is 1. The van der Waals surface area contributed by atoms with E-state index < -0.39 is 0 Å². The summed E-state index contributed by atoms with van der Waals surface area (Å²) in [5.74, 6) is 0. The molecule has 2 fully saturated rings. The van der Waals surface area contributed by atoms with Crippen LogP contribution in [0.5, 0.6) is 0 Å². The molecule has 1 aromatic rings. The fraction of sp³-hybridized carbons (Fsp3) is 0.650. The van der Waals surface area contributed by atoms with Crippen molar-refractivity contribution in [3.63, 3.8) is 0 Å². The van der Waals surface area contributed by atoms with Crippen molar-refractivity contribution in [3.8, 4) is 0 Å². The van der Waals surface area contributed by atoms with Crippen LogP contribution in [0.3, 0.4) is 0 Å².